The van der Waals surface area contributed by atoms with Gasteiger partial charge in [-0.25, -0.2) is 9.38 Å². The van der Waals surface area contributed by atoms with E-state index in [1.807, 2.05) is 24.3 Å². The van der Waals surface area contributed by atoms with Crippen LogP contribution in [0.3, 0.4) is 0 Å². The summed E-state index contributed by atoms with van der Waals surface area (Å²) in [5.74, 6) is -0.517. The maximum absolute atomic E-state index is 13.0. The van der Waals surface area contributed by atoms with E-state index in [4.69, 9.17) is 4.74 Å². The molecule has 0 aromatic heterocycles. The largest absolute Gasteiger partial charge is 0.466 e. The van der Waals surface area contributed by atoms with Crippen molar-refractivity contribution in [3.63, 3.8) is 0 Å². The van der Waals surface area contributed by atoms with Crippen molar-refractivity contribution in [1.29, 1.82) is 0 Å². The fourth-order valence-corrected chi connectivity index (χ4v) is 3.58. The molecule has 124 valence electrons. The van der Waals surface area contributed by atoms with Gasteiger partial charge in [0.25, 0.3) is 0 Å². The molecule has 0 amide bonds. The zero-order chi connectivity index (χ0) is 16.9. The van der Waals surface area contributed by atoms with E-state index in [2.05, 4.69) is 10.3 Å². The summed E-state index contributed by atoms with van der Waals surface area (Å²) in [6, 6.07) is 13.8. The fourth-order valence-electron chi connectivity index (χ4n) is 2.43. The van der Waals surface area contributed by atoms with Crippen LogP contribution in [0.5, 0.6) is 0 Å². The third-order valence-electron chi connectivity index (χ3n) is 3.51. The monoisotopic (exact) mass is 344 g/mol. The Bertz CT molecular complexity index is 762. The van der Waals surface area contributed by atoms with Crippen LogP contribution in [0, 0.1) is 5.82 Å². The Hall–Kier alpha value is -2.34. The first kappa shape index (κ1) is 16.5. The molecule has 0 aliphatic carbocycles. The number of benzene rings is 2. The van der Waals surface area contributed by atoms with Crippen molar-refractivity contribution in [2.45, 2.75) is 18.6 Å². The lowest BCUT2D eigenvalue weighted by Crippen LogP contribution is -2.17. The number of amidine groups is 1. The van der Waals surface area contributed by atoms with Crippen LogP contribution in [0.15, 0.2) is 53.5 Å². The van der Waals surface area contributed by atoms with Gasteiger partial charge in [-0.3, -0.25) is 4.79 Å². The third kappa shape index (κ3) is 3.94. The molecule has 1 aliphatic rings. The summed E-state index contributed by atoms with van der Waals surface area (Å²) in [6.07, 6.45) is 0.277. The van der Waals surface area contributed by atoms with E-state index in [0.29, 0.717) is 11.8 Å². The second kappa shape index (κ2) is 7.49. The first-order valence-corrected chi connectivity index (χ1v) is 8.56. The van der Waals surface area contributed by atoms with Crippen molar-refractivity contribution in [1.82, 2.24) is 0 Å². The number of ether oxygens (including phenoxy) is 1. The number of carbonyl (C=O) groups is 1. The minimum atomic E-state index is -0.288. The number of thioether (sulfide) groups is 1. The van der Waals surface area contributed by atoms with Crippen LogP contribution in [0.4, 0.5) is 15.8 Å². The topological polar surface area (TPSA) is 50.7 Å². The summed E-state index contributed by atoms with van der Waals surface area (Å²) in [5.41, 5.74) is 2.59. The lowest BCUT2D eigenvalue weighted by molar-refractivity contribution is -0.143. The molecule has 2 aromatic rings. The number of fused-ring (bicyclic) bond motifs is 1. The minimum Gasteiger partial charge on any atom is -0.466 e. The summed E-state index contributed by atoms with van der Waals surface area (Å²) >= 11 is 1.47. The van der Waals surface area contributed by atoms with Gasteiger partial charge in [-0.15, -0.1) is 0 Å². The van der Waals surface area contributed by atoms with E-state index < -0.39 is 0 Å². The minimum absolute atomic E-state index is 0.0688. The zero-order valence-electron chi connectivity index (χ0n) is 13.2. The van der Waals surface area contributed by atoms with Crippen molar-refractivity contribution < 1.29 is 13.9 Å². The predicted octanol–water partition coefficient (Wildman–Crippen LogP) is 4.67. The highest BCUT2D eigenvalue weighted by atomic mass is 32.2. The van der Waals surface area contributed by atoms with Gasteiger partial charge in [0, 0.05) is 10.9 Å². The van der Waals surface area contributed by atoms with E-state index in [1.54, 1.807) is 19.1 Å². The SMILES string of the molecule is CCOC(=O)CC1SC(Nc2ccc(F)cc2)=Nc2ccccc21. The number of para-hydroxylation sites is 1. The molecule has 1 atom stereocenters. The molecule has 6 heteroatoms. The highest BCUT2D eigenvalue weighted by molar-refractivity contribution is 8.14. The summed E-state index contributed by atoms with van der Waals surface area (Å²) in [7, 11) is 0. The van der Waals surface area contributed by atoms with Gasteiger partial charge in [0.15, 0.2) is 5.17 Å². The van der Waals surface area contributed by atoms with E-state index in [0.717, 1.165) is 16.9 Å². The van der Waals surface area contributed by atoms with Crippen LogP contribution in [0.2, 0.25) is 0 Å². The molecular weight excluding hydrogens is 327 g/mol. The number of anilines is 1. The molecule has 4 nitrogen and oxygen atoms in total. The van der Waals surface area contributed by atoms with Crippen molar-refractivity contribution in [2.24, 2.45) is 4.99 Å². The number of hydrogen-bond acceptors (Lipinski definition) is 5. The standard InChI is InChI=1S/C18H17FN2O2S/c1-2-23-17(22)11-16-14-5-3-4-6-15(14)21-18(24-16)20-13-9-7-12(19)8-10-13/h3-10,16H,2,11H2,1H3,(H,20,21). The summed E-state index contributed by atoms with van der Waals surface area (Å²) in [6.45, 7) is 2.16. The number of halogens is 1. The second-order valence-electron chi connectivity index (χ2n) is 5.22. The number of nitrogens with one attached hydrogen (secondary N) is 1. The van der Waals surface area contributed by atoms with Crippen LogP contribution in [-0.2, 0) is 9.53 Å². The quantitative estimate of drug-likeness (QED) is 0.819. The van der Waals surface area contributed by atoms with Crippen molar-refractivity contribution in [3.8, 4) is 0 Å². The lowest BCUT2D eigenvalue weighted by atomic mass is 10.1. The molecule has 0 spiro atoms. The molecule has 24 heavy (non-hydrogen) atoms. The van der Waals surface area contributed by atoms with Gasteiger partial charge < -0.3 is 10.1 Å². The Balaban J connectivity index is 1.82. The first-order chi connectivity index (χ1) is 11.7. The van der Waals surface area contributed by atoms with Crippen LogP contribution in [0.1, 0.15) is 24.2 Å². The van der Waals surface area contributed by atoms with Crippen molar-refractivity contribution in [2.75, 3.05) is 11.9 Å². The van der Waals surface area contributed by atoms with E-state index in [1.165, 1.54) is 23.9 Å². The zero-order valence-corrected chi connectivity index (χ0v) is 14.0. The molecule has 1 heterocycles. The summed E-state index contributed by atoms with van der Waals surface area (Å²) < 4.78 is 18.1. The Morgan fingerprint density at radius 2 is 2.00 bits per heavy atom. The van der Waals surface area contributed by atoms with Gasteiger partial charge >= 0.3 is 5.97 Å². The van der Waals surface area contributed by atoms with Gasteiger partial charge in [-0.05, 0) is 42.8 Å². The Labute approximate surface area is 144 Å². The van der Waals surface area contributed by atoms with Crippen molar-refractivity contribution in [3.05, 3.63) is 59.9 Å². The fraction of sp³-hybridized carbons (Fsp3) is 0.222. The van der Waals surface area contributed by atoms with Crippen LogP contribution >= 0.6 is 11.8 Å². The molecule has 0 fully saturated rings. The molecule has 0 saturated heterocycles. The Morgan fingerprint density at radius 1 is 1.25 bits per heavy atom. The number of rotatable bonds is 4. The van der Waals surface area contributed by atoms with Gasteiger partial charge in [0.2, 0.25) is 0 Å². The molecule has 3 rings (SSSR count). The Morgan fingerprint density at radius 3 is 2.75 bits per heavy atom. The van der Waals surface area contributed by atoms with Gasteiger partial charge in [-0.2, -0.15) is 0 Å². The smallest absolute Gasteiger partial charge is 0.307 e. The maximum Gasteiger partial charge on any atom is 0.307 e. The Kier molecular flexibility index (Phi) is 5.15. The molecule has 2 aromatic carbocycles. The molecule has 1 N–H and O–H groups in total. The molecule has 1 aliphatic heterocycles. The average Bonchev–Trinajstić information content (AvgIpc) is 2.57. The number of aliphatic imine (C=N–C) groups is 1. The normalized spacial score (nSPS) is 16.1. The third-order valence-corrected chi connectivity index (χ3v) is 4.63. The number of carbonyl (C=O) groups excluding carboxylic acids is 1. The summed E-state index contributed by atoms with van der Waals surface area (Å²) in [5, 5.41) is 3.79. The van der Waals surface area contributed by atoms with Crippen molar-refractivity contribution >= 4 is 34.3 Å². The molecule has 0 saturated carbocycles. The van der Waals surface area contributed by atoms with Crippen LogP contribution in [0.25, 0.3) is 0 Å². The molecule has 1 unspecified atom stereocenters. The number of nitrogens with zero attached hydrogens (tertiary/aromatic N) is 1. The lowest BCUT2D eigenvalue weighted by Gasteiger charge is -2.24. The molecular formula is C18H17FN2O2S. The number of hydrogen-bond donors (Lipinski definition) is 1. The van der Waals surface area contributed by atoms with Gasteiger partial charge in [0.05, 0.1) is 18.7 Å². The predicted molar refractivity (Wildman–Crippen MR) is 95.1 cm³/mol. The van der Waals surface area contributed by atoms with E-state index >= 15 is 0 Å². The highest BCUT2D eigenvalue weighted by Crippen LogP contribution is 2.43. The first-order valence-electron chi connectivity index (χ1n) is 7.68. The van der Waals surface area contributed by atoms with Crippen LogP contribution < -0.4 is 5.32 Å². The average molecular weight is 344 g/mol. The van der Waals surface area contributed by atoms with E-state index in [-0.39, 0.29) is 23.5 Å². The van der Waals surface area contributed by atoms with Gasteiger partial charge in [0.1, 0.15) is 5.82 Å². The molecule has 0 bridgehead atoms. The van der Waals surface area contributed by atoms with Crippen LogP contribution in [-0.4, -0.2) is 17.7 Å². The van der Waals surface area contributed by atoms with E-state index in [9.17, 15) is 9.18 Å². The van der Waals surface area contributed by atoms with Gasteiger partial charge in [-0.1, -0.05) is 30.0 Å². The maximum atomic E-state index is 13.0. The summed E-state index contributed by atoms with van der Waals surface area (Å²) in [4.78, 5) is 16.5. The highest BCUT2D eigenvalue weighted by Gasteiger charge is 2.26. The molecule has 0 radical (unpaired) electrons. The number of esters is 1. The second-order valence-corrected chi connectivity index (χ2v) is 6.41.